The smallest absolute Gasteiger partial charge is 0.383 e. The van der Waals surface area contributed by atoms with E-state index in [2.05, 4.69) is 10.5 Å². The van der Waals surface area contributed by atoms with Crippen LogP contribution in [0, 0.1) is 16.6 Å². The van der Waals surface area contributed by atoms with Gasteiger partial charge in [0.1, 0.15) is 18.5 Å². The molecule has 2 aliphatic rings. The van der Waals surface area contributed by atoms with Gasteiger partial charge in [0.15, 0.2) is 0 Å². The van der Waals surface area contributed by atoms with Crippen LogP contribution in [-0.2, 0) is 23.7 Å². The number of hydrogen-bond donors (Lipinski definition) is 2. The van der Waals surface area contributed by atoms with Crippen molar-refractivity contribution in [3.8, 4) is 0 Å². The highest BCUT2D eigenvalue weighted by Crippen LogP contribution is 2.48. The van der Waals surface area contributed by atoms with Crippen LogP contribution in [0.15, 0.2) is 47.6 Å². The second-order valence-corrected chi connectivity index (χ2v) is 9.52. The van der Waals surface area contributed by atoms with Gasteiger partial charge in [-0.1, -0.05) is 23.7 Å². The van der Waals surface area contributed by atoms with Crippen LogP contribution in [0.3, 0.4) is 0 Å². The number of nitrogens with one attached hydrogen (secondary N) is 1. The summed E-state index contributed by atoms with van der Waals surface area (Å²) in [6, 6.07) is 7.61. The Labute approximate surface area is 208 Å². The summed E-state index contributed by atoms with van der Waals surface area (Å²) in [5.74, 6) is 0.136. The van der Waals surface area contributed by atoms with E-state index in [0.29, 0.717) is 30.4 Å². The zero-order valence-corrected chi connectivity index (χ0v) is 19.7. The molecule has 5 nitrogen and oxygen atoms in total. The van der Waals surface area contributed by atoms with Gasteiger partial charge in [0, 0.05) is 12.0 Å². The van der Waals surface area contributed by atoms with Crippen molar-refractivity contribution in [3.63, 3.8) is 0 Å². The van der Waals surface area contributed by atoms with E-state index in [1.165, 1.54) is 12.1 Å². The van der Waals surface area contributed by atoms with Crippen molar-refractivity contribution in [3.05, 3.63) is 75.4 Å². The number of rotatable bonds is 4. The Bertz CT molecular complexity index is 1090. The number of benzene rings is 2. The van der Waals surface area contributed by atoms with E-state index in [1.807, 2.05) is 19.1 Å². The van der Waals surface area contributed by atoms with Gasteiger partial charge in [-0.3, -0.25) is 4.79 Å². The standard InChI is InChI=1S/C16H20FNO2.C9H5F6NO/c1-16(9-14(19)15(20)18-16)13-4-2-3-12(13)10-5-7-11(17)8-6-10;10-8(11,12)6-1-5(4-16-17)2-7(3-6)9(13,14)15/h5-8,12-14,19H,2-4,9H2,1H3,(H,18,20);1-3H,4H2. The molecule has 2 N–H and O–H groups in total. The highest BCUT2D eigenvalue weighted by atomic mass is 19.4. The van der Waals surface area contributed by atoms with Crippen molar-refractivity contribution in [1.29, 1.82) is 0 Å². The molecule has 1 saturated heterocycles. The van der Waals surface area contributed by atoms with Gasteiger partial charge in [-0.25, -0.2) is 4.39 Å². The maximum absolute atomic E-state index is 13.1. The lowest BCUT2D eigenvalue weighted by atomic mass is 9.75. The van der Waals surface area contributed by atoms with E-state index in [-0.39, 0.29) is 23.3 Å². The molecule has 12 heteroatoms. The average Bonchev–Trinajstić information content (AvgIpc) is 3.39. The normalized spacial score (nSPS) is 25.9. The summed E-state index contributed by atoms with van der Waals surface area (Å²) in [6.07, 6.45) is -7.04. The SMILES string of the molecule is CC1(C2CCCC2c2ccc(F)cc2)CC(O)C(=O)N1.O=NCc1cc(C(F)(F)F)cc(C(F)(F)F)c1. The molecule has 4 atom stereocenters. The lowest BCUT2D eigenvalue weighted by Crippen LogP contribution is -2.46. The number of halogens is 7. The van der Waals surface area contributed by atoms with Crippen molar-refractivity contribution in [2.24, 2.45) is 11.1 Å². The van der Waals surface area contributed by atoms with Crippen LogP contribution in [0.1, 0.15) is 60.8 Å². The molecule has 1 saturated carbocycles. The van der Waals surface area contributed by atoms with Crippen LogP contribution in [0.25, 0.3) is 0 Å². The lowest BCUT2D eigenvalue weighted by Gasteiger charge is -2.35. The highest BCUT2D eigenvalue weighted by molar-refractivity contribution is 5.84. The summed E-state index contributed by atoms with van der Waals surface area (Å²) < 4.78 is 86.9. The minimum atomic E-state index is -4.90. The summed E-state index contributed by atoms with van der Waals surface area (Å²) in [6.45, 7) is 1.28. The molecule has 4 rings (SSSR count). The second-order valence-electron chi connectivity index (χ2n) is 9.52. The third kappa shape index (κ3) is 6.85. The van der Waals surface area contributed by atoms with Crippen molar-refractivity contribution in [2.45, 2.75) is 69.1 Å². The number of aliphatic hydroxyl groups is 1. The van der Waals surface area contributed by atoms with Crippen LogP contribution >= 0.6 is 0 Å². The quantitative estimate of drug-likeness (QED) is 0.355. The molecule has 37 heavy (non-hydrogen) atoms. The van der Waals surface area contributed by atoms with Crippen molar-refractivity contribution in [1.82, 2.24) is 5.32 Å². The number of amides is 1. The van der Waals surface area contributed by atoms with E-state index in [1.54, 1.807) is 0 Å². The first kappa shape index (κ1) is 28.5. The number of alkyl halides is 6. The molecular formula is C25H25F7N2O3. The monoisotopic (exact) mass is 534 g/mol. The van der Waals surface area contributed by atoms with E-state index in [9.17, 15) is 45.5 Å². The molecule has 1 heterocycles. The Balaban J connectivity index is 0.000000209. The maximum atomic E-state index is 13.1. The molecule has 2 aromatic rings. The van der Waals surface area contributed by atoms with E-state index < -0.39 is 41.7 Å². The van der Waals surface area contributed by atoms with Gasteiger partial charge in [-0.2, -0.15) is 31.2 Å². The van der Waals surface area contributed by atoms with Crippen LogP contribution in [0.5, 0.6) is 0 Å². The Morgan fingerprint density at radius 1 is 1.00 bits per heavy atom. The molecule has 1 aliphatic carbocycles. The maximum Gasteiger partial charge on any atom is 0.416 e. The molecule has 4 unspecified atom stereocenters. The predicted octanol–water partition coefficient (Wildman–Crippen LogP) is 6.34. The first-order valence-electron chi connectivity index (χ1n) is 11.5. The predicted molar refractivity (Wildman–Crippen MR) is 120 cm³/mol. The Morgan fingerprint density at radius 3 is 2.03 bits per heavy atom. The summed E-state index contributed by atoms with van der Waals surface area (Å²) in [5, 5.41) is 15.0. The van der Waals surface area contributed by atoms with Crippen LogP contribution in [-0.4, -0.2) is 22.7 Å². The number of nitrogens with zero attached hydrogens (tertiary/aromatic N) is 1. The minimum Gasteiger partial charge on any atom is -0.383 e. The summed E-state index contributed by atoms with van der Waals surface area (Å²) >= 11 is 0. The zero-order valence-electron chi connectivity index (χ0n) is 19.7. The number of carbonyl (C=O) groups is 1. The molecule has 0 bridgehead atoms. The van der Waals surface area contributed by atoms with E-state index in [4.69, 9.17) is 0 Å². The highest BCUT2D eigenvalue weighted by Gasteiger charge is 2.49. The Morgan fingerprint density at radius 2 is 1.57 bits per heavy atom. The molecule has 1 aliphatic heterocycles. The first-order valence-corrected chi connectivity index (χ1v) is 11.5. The molecule has 1 amide bonds. The van der Waals surface area contributed by atoms with Gasteiger partial charge in [0.05, 0.1) is 11.1 Å². The van der Waals surface area contributed by atoms with Crippen molar-refractivity contribution < 1.29 is 40.6 Å². The number of nitroso groups, excluding NO2 is 1. The molecule has 0 aromatic heterocycles. The van der Waals surface area contributed by atoms with Crippen LogP contribution < -0.4 is 5.32 Å². The summed E-state index contributed by atoms with van der Waals surface area (Å²) in [5.41, 5.74) is -2.56. The van der Waals surface area contributed by atoms with Crippen molar-refractivity contribution in [2.75, 3.05) is 0 Å². The van der Waals surface area contributed by atoms with Gasteiger partial charge in [-0.15, -0.1) is 0 Å². The van der Waals surface area contributed by atoms with Gasteiger partial charge in [0.25, 0.3) is 0 Å². The fraction of sp³-hybridized carbons (Fsp3) is 0.480. The van der Waals surface area contributed by atoms with Crippen LogP contribution in [0.2, 0.25) is 0 Å². The minimum absolute atomic E-state index is 0.00565. The second kappa shape index (κ2) is 10.8. The molecular weight excluding hydrogens is 509 g/mol. The van der Waals surface area contributed by atoms with Gasteiger partial charge in [0.2, 0.25) is 5.91 Å². The first-order chi connectivity index (χ1) is 17.1. The van der Waals surface area contributed by atoms with Crippen molar-refractivity contribution >= 4 is 5.91 Å². The number of hydrogen-bond acceptors (Lipinski definition) is 4. The third-order valence-corrected chi connectivity index (χ3v) is 6.86. The molecule has 2 aromatic carbocycles. The zero-order chi connectivity index (χ0) is 27.6. The lowest BCUT2D eigenvalue weighted by molar-refractivity contribution is -0.143. The topological polar surface area (TPSA) is 78.8 Å². The summed E-state index contributed by atoms with van der Waals surface area (Å²) in [4.78, 5) is 21.5. The largest absolute Gasteiger partial charge is 0.416 e. The average molecular weight is 534 g/mol. The fourth-order valence-corrected chi connectivity index (χ4v) is 5.17. The number of carbonyl (C=O) groups excluding carboxylic acids is 1. The van der Waals surface area contributed by atoms with Gasteiger partial charge in [-0.05, 0) is 73.1 Å². The summed E-state index contributed by atoms with van der Waals surface area (Å²) in [7, 11) is 0. The van der Waals surface area contributed by atoms with Gasteiger partial charge < -0.3 is 10.4 Å². The molecule has 202 valence electrons. The molecule has 2 fully saturated rings. The Hall–Kier alpha value is -3.02. The third-order valence-electron chi connectivity index (χ3n) is 6.86. The molecule has 0 radical (unpaired) electrons. The van der Waals surface area contributed by atoms with E-state index >= 15 is 0 Å². The fourth-order valence-electron chi connectivity index (χ4n) is 5.17. The number of aliphatic hydroxyl groups excluding tert-OH is 1. The van der Waals surface area contributed by atoms with Gasteiger partial charge >= 0.3 is 12.4 Å². The molecule has 0 spiro atoms. The van der Waals surface area contributed by atoms with Crippen LogP contribution in [0.4, 0.5) is 30.7 Å². The Kier molecular flexibility index (Phi) is 8.31. The van der Waals surface area contributed by atoms with E-state index in [0.717, 1.165) is 24.8 Å².